The van der Waals surface area contributed by atoms with Crippen LogP contribution in [-0.4, -0.2) is 41.1 Å². The van der Waals surface area contributed by atoms with Crippen LogP contribution in [0.25, 0.3) is 22.1 Å². The van der Waals surface area contributed by atoms with Gasteiger partial charge in [-0.25, -0.2) is 14.8 Å². The lowest BCUT2D eigenvalue weighted by Gasteiger charge is -2.08. The summed E-state index contributed by atoms with van der Waals surface area (Å²) in [5.41, 5.74) is 1.17. The first kappa shape index (κ1) is 15.1. The van der Waals surface area contributed by atoms with Crippen molar-refractivity contribution < 1.29 is 27.6 Å². The minimum Gasteiger partial charge on any atom is -0.494 e. The molecule has 1 aromatic heterocycles. The van der Waals surface area contributed by atoms with Gasteiger partial charge in [0, 0.05) is 0 Å². The standard InChI is InChI=1S/C14H10N2O6S/c1-22-12-5-7(14(17)18)4-11-13(12)16-10-6-8(23(19,20)21)2-3-9(10)15-11/h2-6H,1H3,(H,17,18)(H,19,20,21). The first-order valence-corrected chi connectivity index (χ1v) is 7.74. The largest absolute Gasteiger partial charge is 0.494 e. The number of ether oxygens (including phenoxy) is 1. The molecule has 0 saturated carbocycles. The van der Waals surface area contributed by atoms with Gasteiger partial charge in [0.05, 0.1) is 34.1 Å². The fourth-order valence-corrected chi connectivity index (χ4v) is 2.67. The molecule has 3 aromatic rings. The molecule has 1 heterocycles. The smallest absolute Gasteiger partial charge is 0.335 e. The van der Waals surface area contributed by atoms with E-state index in [1.165, 1.54) is 37.4 Å². The fraction of sp³-hybridized carbons (Fsp3) is 0.0714. The highest BCUT2D eigenvalue weighted by Crippen LogP contribution is 2.27. The Morgan fingerprint density at radius 3 is 2.43 bits per heavy atom. The zero-order valence-electron chi connectivity index (χ0n) is 11.7. The Morgan fingerprint density at radius 2 is 1.83 bits per heavy atom. The Hall–Kier alpha value is -2.78. The predicted octanol–water partition coefficient (Wildman–Crippen LogP) is 1.74. The third-order valence-corrected chi connectivity index (χ3v) is 4.09. The number of carboxylic acids is 1. The molecule has 0 radical (unpaired) electrons. The molecule has 0 atom stereocenters. The highest BCUT2D eigenvalue weighted by molar-refractivity contribution is 7.85. The Balaban J connectivity index is 2.37. The maximum atomic E-state index is 11.2. The van der Waals surface area contributed by atoms with Crippen molar-refractivity contribution in [2.45, 2.75) is 4.90 Å². The van der Waals surface area contributed by atoms with E-state index in [-0.39, 0.29) is 27.2 Å². The number of methoxy groups -OCH3 is 1. The van der Waals surface area contributed by atoms with Gasteiger partial charge in [-0.15, -0.1) is 0 Å². The SMILES string of the molecule is COc1cc(C(=O)O)cc2nc3ccc(S(=O)(=O)O)cc3nc12. The van der Waals surface area contributed by atoms with Crippen LogP contribution in [0.1, 0.15) is 10.4 Å². The van der Waals surface area contributed by atoms with Crippen LogP contribution in [0, 0.1) is 0 Å². The molecule has 0 aliphatic carbocycles. The Morgan fingerprint density at radius 1 is 1.09 bits per heavy atom. The molecule has 2 N–H and O–H groups in total. The minimum absolute atomic E-state index is 0.00226. The van der Waals surface area contributed by atoms with Crippen molar-refractivity contribution >= 4 is 38.2 Å². The van der Waals surface area contributed by atoms with E-state index in [0.717, 1.165) is 0 Å². The van der Waals surface area contributed by atoms with E-state index in [9.17, 15) is 13.2 Å². The summed E-state index contributed by atoms with van der Waals surface area (Å²) in [4.78, 5) is 19.4. The van der Waals surface area contributed by atoms with Crippen LogP contribution >= 0.6 is 0 Å². The summed E-state index contributed by atoms with van der Waals surface area (Å²) in [5.74, 6) is -0.930. The third kappa shape index (κ3) is 2.67. The monoisotopic (exact) mass is 334 g/mol. The molecule has 0 aliphatic heterocycles. The van der Waals surface area contributed by atoms with E-state index in [1.807, 2.05) is 0 Å². The number of fused-ring (bicyclic) bond motifs is 2. The summed E-state index contributed by atoms with van der Waals surface area (Å²) in [6.07, 6.45) is 0. The van der Waals surface area contributed by atoms with Crippen LogP contribution in [0.3, 0.4) is 0 Å². The van der Waals surface area contributed by atoms with Crippen molar-refractivity contribution in [3.63, 3.8) is 0 Å². The fourth-order valence-electron chi connectivity index (χ4n) is 2.17. The van der Waals surface area contributed by atoms with Crippen LogP contribution < -0.4 is 4.74 Å². The summed E-state index contributed by atoms with van der Waals surface area (Å²) in [7, 11) is -3.00. The van der Waals surface area contributed by atoms with Crippen LogP contribution in [-0.2, 0) is 10.1 Å². The minimum atomic E-state index is -4.36. The Labute approximate surface area is 130 Å². The number of nitrogens with zero attached hydrogens (tertiary/aromatic N) is 2. The van der Waals surface area contributed by atoms with Crippen LogP contribution in [0.4, 0.5) is 0 Å². The number of benzene rings is 2. The summed E-state index contributed by atoms with van der Waals surface area (Å²) >= 11 is 0. The summed E-state index contributed by atoms with van der Waals surface area (Å²) in [5, 5.41) is 9.11. The lowest BCUT2D eigenvalue weighted by atomic mass is 10.1. The number of carboxylic acid groups (broad SMARTS) is 1. The molecule has 0 unspecified atom stereocenters. The molecule has 118 valence electrons. The van der Waals surface area contributed by atoms with Crippen molar-refractivity contribution in [2.75, 3.05) is 7.11 Å². The number of rotatable bonds is 3. The first-order chi connectivity index (χ1) is 10.8. The van der Waals surface area contributed by atoms with Crippen molar-refractivity contribution in [2.24, 2.45) is 0 Å². The average molecular weight is 334 g/mol. The van der Waals surface area contributed by atoms with E-state index in [1.54, 1.807) is 0 Å². The summed E-state index contributed by atoms with van der Waals surface area (Å²) in [6.45, 7) is 0. The lowest BCUT2D eigenvalue weighted by molar-refractivity contribution is 0.0696. The molecule has 0 aliphatic rings. The predicted molar refractivity (Wildman–Crippen MR) is 80.4 cm³/mol. The van der Waals surface area contributed by atoms with E-state index in [0.29, 0.717) is 11.0 Å². The topological polar surface area (TPSA) is 127 Å². The molecule has 2 aromatic carbocycles. The van der Waals surface area contributed by atoms with E-state index in [4.69, 9.17) is 14.4 Å². The maximum Gasteiger partial charge on any atom is 0.335 e. The van der Waals surface area contributed by atoms with Crippen molar-refractivity contribution in [1.82, 2.24) is 9.97 Å². The van der Waals surface area contributed by atoms with Crippen molar-refractivity contribution in [3.05, 3.63) is 35.9 Å². The molecule has 0 bridgehead atoms. The molecule has 0 amide bonds. The molecule has 0 saturated heterocycles. The summed E-state index contributed by atoms with van der Waals surface area (Å²) in [6, 6.07) is 6.41. The number of hydrogen-bond donors (Lipinski definition) is 2. The average Bonchev–Trinajstić information content (AvgIpc) is 2.50. The highest BCUT2D eigenvalue weighted by atomic mass is 32.2. The number of aromatic carboxylic acids is 1. The van der Waals surface area contributed by atoms with E-state index in [2.05, 4.69) is 9.97 Å². The molecular weight excluding hydrogens is 324 g/mol. The van der Waals surface area contributed by atoms with Gasteiger partial charge in [-0.05, 0) is 30.3 Å². The summed E-state index contributed by atoms with van der Waals surface area (Å²) < 4.78 is 36.6. The van der Waals surface area contributed by atoms with Gasteiger partial charge >= 0.3 is 5.97 Å². The van der Waals surface area contributed by atoms with Gasteiger partial charge in [0.25, 0.3) is 10.1 Å². The molecule has 8 nitrogen and oxygen atoms in total. The van der Waals surface area contributed by atoms with Gasteiger partial charge in [-0.1, -0.05) is 0 Å². The molecule has 23 heavy (non-hydrogen) atoms. The quantitative estimate of drug-likeness (QED) is 0.548. The number of carbonyl (C=O) groups is 1. The third-order valence-electron chi connectivity index (χ3n) is 3.24. The number of hydrogen-bond acceptors (Lipinski definition) is 6. The van der Waals surface area contributed by atoms with Crippen molar-refractivity contribution in [1.29, 1.82) is 0 Å². The first-order valence-electron chi connectivity index (χ1n) is 6.30. The van der Waals surface area contributed by atoms with Gasteiger partial charge in [-0.3, -0.25) is 4.55 Å². The zero-order chi connectivity index (χ0) is 16.8. The molecular formula is C14H10N2O6S. The second-order valence-corrected chi connectivity index (χ2v) is 6.12. The Bertz CT molecular complexity index is 1060. The molecule has 0 fully saturated rings. The maximum absolute atomic E-state index is 11.2. The number of aromatic nitrogens is 2. The van der Waals surface area contributed by atoms with Crippen LogP contribution in [0.5, 0.6) is 5.75 Å². The molecule has 3 rings (SSSR count). The highest BCUT2D eigenvalue weighted by Gasteiger charge is 2.15. The normalized spacial score (nSPS) is 11.7. The van der Waals surface area contributed by atoms with Gasteiger partial charge in [-0.2, -0.15) is 8.42 Å². The molecule has 0 spiro atoms. The van der Waals surface area contributed by atoms with Crippen LogP contribution in [0.15, 0.2) is 35.2 Å². The van der Waals surface area contributed by atoms with Gasteiger partial charge in [0.15, 0.2) is 0 Å². The van der Waals surface area contributed by atoms with Gasteiger partial charge < -0.3 is 9.84 Å². The van der Waals surface area contributed by atoms with E-state index < -0.39 is 16.1 Å². The zero-order valence-corrected chi connectivity index (χ0v) is 12.5. The second-order valence-electron chi connectivity index (χ2n) is 4.70. The second kappa shape index (κ2) is 5.14. The van der Waals surface area contributed by atoms with Crippen molar-refractivity contribution in [3.8, 4) is 5.75 Å². The van der Waals surface area contributed by atoms with E-state index >= 15 is 0 Å². The molecule has 9 heteroatoms. The van der Waals surface area contributed by atoms with Crippen LogP contribution in [0.2, 0.25) is 0 Å². The van der Waals surface area contributed by atoms with Gasteiger partial charge in [0.2, 0.25) is 0 Å². The Kier molecular flexibility index (Phi) is 3.38. The van der Waals surface area contributed by atoms with Gasteiger partial charge in [0.1, 0.15) is 11.3 Å². The lowest BCUT2D eigenvalue weighted by Crippen LogP contribution is -2.01.